The molecule has 0 amide bonds. The van der Waals surface area contributed by atoms with E-state index in [1.54, 1.807) is 6.08 Å². The second kappa shape index (κ2) is 9.88. The summed E-state index contributed by atoms with van der Waals surface area (Å²) in [6, 6.07) is 30.7. The molecule has 1 aliphatic heterocycles. The Bertz CT molecular complexity index is 1350. The molecule has 1 aromatic heterocycles. The molecule has 35 heavy (non-hydrogen) atoms. The van der Waals surface area contributed by atoms with Gasteiger partial charge in [-0.15, -0.1) is 0 Å². The Kier molecular flexibility index (Phi) is 6.34. The summed E-state index contributed by atoms with van der Waals surface area (Å²) in [6.45, 7) is 2.83. The van der Waals surface area contributed by atoms with Crippen molar-refractivity contribution in [1.29, 1.82) is 10.7 Å². The van der Waals surface area contributed by atoms with E-state index in [9.17, 15) is 10.4 Å². The van der Waals surface area contributed by atoms with Crippen molar-refractivity contribution in [3.8, 4) is 11.8 Å². The highest BCUT2D eigenvalue weighted by Crippen LogP contribution is 2.31. The number of hydrogen-bond donors (Lipinski definition) is 3. The van der Waals surface area contributed by atoms with E-state index in [4.69, 9.17) is 5.41 Å². The third kappa shape index (κ3) is 4.54. The van der Waals surface area contributed by atoms with Crippen LogP contribution in [0.1, 0.15) is 22.9 Å². The largest absolute Gasteiger partial charge is 0.505 e. The Hall–Kier alpha value is -4.34. The van der Waals surface area contributed by atoms with Crippen molar-refractivity contribution < 1.29 is 5.11 Å². The van der Waals surface area contributed by atoms with Crippen molar-refractivity contribution in [2.24, 2.45) is 0 Å². The van der Waals surface area contributed by atoms with Gasteiger partial charge >= 0.3 is 0 Å². The van der Waals surface area contributed by atoms with Crippen LogP contribution in [-0.4, -0.2) is 51.9 Å². The molecule has 0 aliphatic carbocycles. The number of H-pyrrole nitrogens is 1. The van der Waals surface area contributed by atoms with E-state index in [-0.39, 0.29) is 23.2 Å². The van der Waals surface area contributed by atoms with Crippen LogP contribution in [-0.2, 0) is 0 Å². The van der Waals surface area contributed by atoms with Gasteiger partial charge < -0.3 is 15.0 Å². The van der Waals surface area contributed by atoms with Gasteiger partial charge in [0.05, 0.1) is 17.3 Å². The lowest BCUT2D eigenvalue weighted by Gasteiger charge is -2.40. The molecule has 4 aromatic rings. The first kappa shape index (κ1) is 22.5. The molecule has 3 aromatic carbocycles. The number of nitrogens with zero attached hydrogens (tertiary/aromatic N) is 3. The van der Waals surface area contributed by atoms with Crippen LogP contribution in [0.25, 0.3) is 17.0 Å². The number of amidine groups is 1. The van der Waals surface area contributed by atoms with Crippen molar-refractivity contribution in [1.82, 2.24) is 14.8 Å². The fourth-order valence-electron chi connectivity index (χ4n) is 4.81. The number of aromatic hydroxyl groups is 1. The SMILES string of the molecule is N#C/C(=C/c1[nH]c2ccccc2c1O)C(=N)N1CCN(C(c2ccccc2)c2ccccc2)CC1. The van der Waals surface area contributed by atoms with E-state index in [0.717, 1.165) is 18.6 Å². The van der Waals surface area contributed by atoms with Crippen LogP contribution in [0.5, 0.6) is 5.75 Å². The van der Waals surface area contributed by atoms with E-state index < -0.39 is 0 Å². The summed E-state index contributed by atoms with van der Waals surface area (Å²) < 4.78 is 0. The summed E-state index contributed by atoms with van der Waals surface area (Å²) in [4.78, 5) is 7.52. The quantitative estimate of drug-likeness (QED) is 0.217. The highest BCUT2D eigenvalue weighted by molar-refractivity contribution is 6.04. The Morgan fingerprint density at radius 2 is 1.46 bits per heavy atom. The number of rotatable bonds is 5. The van der Waals surface area contributed by atoms with Crippen molar-refractivity contribution in [3.05, 3.63) is 107 Å². The average molecular weight is 462 g/mol. The minimum absolute atomic E-state index is 0.0968. The van der Waals surface area contributed by atoms with Gasteiger partial charge in [0.15, 0.2) is 0 Å². The normalized spacial score (nSPS) is 14.9. The number of hydrogen-bond acceptors (Lipinski definition) is 4. The summed E-state index contributed by atoms with van der Waals surface area (Å²) in [5.41, 5.74) is 3.95. The van der Waals surface area contributed by atoms with Crippen LogP contribution in [0.3, 0.4) is 0 Å². The fraction of sp³-hybridized carbons (Fsp3) is 0.172. The van der Waals surface area contributed by atoms with Gasteiger partial charge in [-0.2, -0.15) is 5.26 Å². The lowest BCUT2D eigenvalue weighted by Crippen LogP contribution is -2.50. The number of para-hydroxylation sites is 1. The first-order valence-corrected chi connectivity index (χ1v) is 11.7. The lowest BCUT2D eigenvalue weighted by atomic mass is 9.96. The van der Waals surface area contributed by atoms with Crippen molar-refractivity contribution >= 4 is 22.8 Å². The van der Waals surface area contributed by atoms with Crippen LogP contribution in [0.15, 0.2) is 90.5 Å². The van der Waals surface area contributed by atoms with Crippen LogP contribution >= 0.6 is 0 Å². The van der Waals surface area contributed by atoms with Crippen molar-refractivity contribution in [2.75, 3.05) is 26.2 Å². The molecule has 2 heterocycles. The predicted molar refractivity (Wildman–Crippen MR) is 139 cm³/mol. The summed E-state index contributed by atoms with van der Waals surface area (Å²) in [6.07, 6.45) is 1.57. The molecule has 0 atom stereocenters. The van der Waals surface area contributed by atoms with Crippen LogP contribution < -0.4 is 0 Å². The number of nitrogens with one attached hydrogen (secondary N) is 2. The molecule has 6 heteroatoms. The van der Waals surface area contributed by atoms with E-state index in [2.05, 4.69) is 64.5 Å². The predicted octanol–water partition coefficient (Wildman–Crippen LogP) is 5.16. The number of aromatic amines is 1. The smallest absolute Gasteiger partial charge is 0.148 e. The Morgan fingerprint density at radius 1 is 0.886 bits per heavy atom. The zero-order valence-corrected chi connectivity index (χ0v) is 19.4. The minimum Gasteiger partial charge on any atom is -0.505 e. The molecule has 0 unspecified atom stereocenters. The van der Waals surface area contributed by atoms with E-state index in [1.807, 2.05) is 41.3 Å². The molecule has 0 spiro atoms. The summed E-state index contributed by atoms with van der Waals surface area (Å²) in [7, 11) is 0. The Labute approximate surface area is 204 Å². The van der Waals surface area contributed by atoms with E-state index in [0.29, 0.717) is 24.2 Å². The maximum absolute atomic E-state index is 10.6. The number of piperazine rings is 1. The first-order chi connectivity index (χ1) is 17.2. The number of nitriles is 1. The molecular weight excluding hydrogens is 434 g/mol. The molecule has 1 fully saturated rings. The van der Waals surface area contributed by atoms with Gasteiger partial charge in [0.2, 0.25) is 0 Å². The van der Waals surface area contributed by atoms with Crippen molar-refractivity contribution in [2.45, 2.75) is 6.04 Å². The second-order valence-electron chi connectivity index (χ2n) is 8.70. The maximum atomic E-state index is 10.6. The zero-order chi connectivity index (χ0) is 24.2. The van der Waals surface area contributed by atoms with Crippen LogP contribution in [0, 0.1) is 16.7 Å². The van der Waals surface area contributed by atoms with Crippen molar-refractivity contribution in [3.63, 3.8) is 0 Å². The van der Waals surface area contributed by atoms with Crippen LogP contribution in [0.4, 0.5) is 0 Å². The van der Waals surface area contributed by atoms with Gasteiger partial charge in [0, 0.05) is 37.1 Å². The minimum atomic E-state index is 0.0968. The maximum Gasteiger partial charge on any atom is 0.148 e. The topological polar surface area (TPSA) is 90.1 Å². The first-order valence-electron chi connectivity index (χ1n) is 11.7. The summed E-state index contributed by atoms with van der Waals surface area (Å²) in [5.74, 6) is 0.278. The van der Waals surface area contributed by atoms with Gasteiger partial charge in [-0.3, -0.25) is 10.3 Å². The van der Waals surface area contributed by atoms with Gasteiger partial charge in [-0.25, -0.2) is 0 Å². The molecule has 5 rings (SSSR count). The highest BCUT2D eigenvalue weighted by atomic mass is 16.3. The van der Waals surface area contributed by atoms with Gasteiger partial charge in [0.1, 0.15) is 17.7 Å². The molecular formula is C29H27N5O. The molecule has 174 valence electrons. The highest BCUT2D eigenvalue weighted by Gasteiger charge is 2.28. The third-order valence-corrected chi connectivity index (χ3v) is 6.60. The molecule has 1 saturated heterocycles. The number of fused-ring (bicyclic) bond motifs is 1. The lowest BCUT2D eigenvalue weighted by molar-refractivity contribution is 0.150. The fourth-order valence-corrected chi connectivity index (χ4v) is 4.81. The number of benzene rings is 3. The van der Waals surface area contributed by atoms with Crippen LogP contribution in [0.2, 0.25) is 0 Å². The van der Waals surface area contributed by atoms with Gasteiger partial charge in [0.25, 0.3) is 0 Å². The van der Waals surface area contributed by atoms with E-state index in [1.165, 1.54) is 11.1 Å². The van der Waals surface area contributed by atoms with Gasteiger partial charge in [-0.05, 0) is 29.3 Å². The summed E-state index contributed by atoms with van der Waals surface area (Å²) in [5, 5.41) is 29.8. The standard InChI is InChI=1S/C29H27N5O/c30-20-23(19-26-28(35)24-13-7-8-14-25(24)32-26)29(31)34-17-15-33(16-18-34)27(21-9-3-1-4-10-21)22-11-5-2-6-12-22/h1-14,19,27,31-32,35H,15-18H2/b23-19-,31-29?. The molecule has 0 bridgehead atoms. The Morgan fingerprint density at radius 3 is 2.03 bits per heavy atom. The Balaban J connectivity index is 1.34. The molecule has 1 aliphatic rings. The molecule has 0 saturated carbocycles. The monoisotopic (exact) mass is 461 g/mol. The number of aromatic nitrogens is 1. The molecule has 0 radical (unpaired) electrons. The average Bonchev–Trinajstić information content (AvgIpc) is 3.24. The third-order valence-electron chi connectivity index (χ3n) is 6.60. The molecule has 6 nitrogen and oxygen atoms in total. The second-order valence-corrected chi connectivity index (χ2v) is 8.70. The molecule has 3 N–H and O–H groups in total. The summed E-state index contributed by atoms with van der Waals surface area (Å²) >= 11 is 0. The zero-order valence-electron chi connectivity index (χ0n) is 19.4. The van der Waals surface area contributed by atoms with Gasteiger partial charge in [-0.1, -0.05) is 72.8 Å². The van der Waals surface area contributed by atoms with E-state index >= 15 is 0 Å².